The van der Waals surface area contributed by atoms with E-state index in [1.165, 1.54) is 38.5 Å². The van der Waals surface area contributed by atoms with Gasteiger partial charge in [0.1, 0.15) is 0 Å². The van der Waals surface area contributed by atoms with Gasteiger partial charge in [0, 0.05) is 43.7 Å². The number of urea groups is 1. The molecule has 5 heteroatoms. The summed E-state index contributed by atoms with van der Waals surface area (Å²) in [6.07, 6.45) is 12.2. The molecule has 0 radical (unpaired) electrons. The third-order valence-corrected chi connectivity index (χ3v) is 5.22. The summed E-state index contributed by atoms with van der Waals surface area (Å²) in [5.41, 5.74) is 3.83. The van der Waals surface area contributed by atoms with Gasteiger partial charge in [-0.15, -0.1) is 0 Å². The molecule has 3 fully saturated rings. The molecule has 0 spiro atoms. The smallest absolute Gasteiger partial charge is 0.334 e. The molecule has 2 N–H and O–H groups in total. The van der Waals surface area contributed by atoms with Crippen molar-refractivity contribution in [3.8, 4) is 0 Å². The Morgan fingerprint density at radius 1 is 1.00 bits per heavy atom. The van der Waals surface area contributed by atoms with Crippen molar-refractivity contribution in [2.24, 2.45) is 5.10 Å². The summed E-state index contributed by atoms with van der Waals surface area (Å²) in [6.45, 7) is 2.21. The average Bonchev–Trinajstić information content (AvgIpc) is 3.19. The molecule has 0 bridgehead atoms. The van der Waals surface area contributed by atoms with Crippen LogP contribution in [0.1, 0.15) is 64.2 Å². The van der Waals surface area contributed by atoms with Gasteiger partial charge in [0.15, 0.2) is 0 Å². The molecule has 5 nitrogen and oxygen atoms in total. The maximum absolute atomic E-state index is 11.8. The van der Waals surface area contributed by atoms with Crippen LogP contribution in [0.25, 0.3) is 0 Å². The molecular formula is C16H28N4O. The first-order chi connectivity index (χ1) is 10.3. The lowest BCUT2D eigenvalue weighted by Crippen LogP contribution is -2.42. The molecule has 3 aliphatic rings. The van der Waals surface area contributed by atoms with Crippen molar-refractivity contribution in [3.63, 3.8) is 0 Å². The van der Waals surface area contributed by atoms with Crippen molar-refractivity contribution in [2.45, 2.75) is 76.3 Å². The monoisotopic (exact) mass is 292 g/mol. The summed E-state index contributed by atoms with van der Waals surface area (Å²) < 4.78 is 0. The van der Waals surface area contributed by atoms with E-state index in [9.17, 15) is 4.79 Å². The highest BCUT2D eigenvalue weighted by atomic mass is 16.2. The normalized spacial score (nSPS) is 25.2. The van der Waals surface area contributed by atoms with E-state index >= 15 is 0 Å². The van der Waals surface area contributed by atoms with Gasteiger partial charge in [0.05, 0.1) is 0 Å². The lowest BCUT2D eigenvalue weighted by Gasteiger charge is -2.32. The fourth-order valence-corrected chi connectivity index (χ4v) is 3.95. The van der Waals surface area contributed by atoms with Gasteiger partial charge >= 0.3 is 6.03 Å². The second-order valence-corrected chi connectivity index (χ2v) is 6.72. The Bertz CT molecular complexity index is 374. The number of carbonyl (C=O) groups excluding carboxylic acids is 1. The third-order valence-electron chi connectivity index (χ3n) is 5.22. The van der Waals surface area contributed by atoms with Crippen LogP contribution in [0.15, 0.2) is 5.10 Å². The molecule has 3 rings (SSSR count). The minimum Gasteiger partial charge on any atom is -0.334 e. The van der Waals surface area contributed by atoms with Gasteiger partial charge in [-0.3, -0.25) is 4.90 Å². The van der Waals surface area contributed by atoms with Crippen molar-refractivity contribution < 1.29 is 4.79 Å². The van der Waals surface area contributed by atoms with E-state index < -0.39 is 0 Å². The Morgan fingerprint density at radius 3 is 2.29 bits per heavy atom. The molecule has 1 aliphatic heterocycles. The van der Waals surface area contributed by atoms with Crippen LogP contribution in [-0.2, 0) is 0 Å². The number of hydrazone groups is 1. The maximum Gasteiger partial charge on any atom is 0.335 e. The number of hydrogen-bond acceptors (Lipinski definition) is 3. The highest BCUT2D eigenvalue weighted by molar-refractivity contribution is 5.87. The second kappa shape index (κ2) is 7.25. The van der Waals surface area contributed by atoms with Gasteiger partial charge in [-0.05, 0) is 25.7 Å². The van der Waals surface area contributed by atoms with Crippen molar-refractivity contribution in [3.05, 3.63) is 0 Å². The lowest BCUT2D eigenvalue weighted by molar-refractivity contribution is 0.198. The molecule has 2 amide bonds. The number of hydrogen-bond donors (Lipinski definition) is 2. The van der Waals surface area contributed by atoms with Crippen LogP contribution in [-0.4, -0.2) is 41.8 Å². The Morgan fingerprint density at radius 2 is 1.62 bits per heavy atom. The van der Waals surface area contributed by atoms with Crippen molar-refractivity contribution in [2.75, 3.05) is 13.1 Å². The first-order valence-corrected chi connectivity index (χ1v) is 8.67. The molecule has 0 atom stereocenters. The summed E-state index contributed by atoms with van der Waals surface area (Å²) in [5, 5.41) is 7.32. The van der Waals surface area contributed by atoms with Gasteiger partial charge < -0.3 is 5.32 Å². The molecule has 0 aromatic rings. The van der Waals surface area contributed by atoms with Crippen LogP contribution in [0.5, 0.6) is 0 Å². The van der Waals surface area contributed by atoms with Crippen LogP contribution in [0.3, 0.4) is 0 Å². The predicted octanol–water partition coefficient (Wildman–Crippen LogP) is 2.62. The third kappa shape index (κ3) is 4.19. The van der Waals surface area contributed by atoms with Crippen LogP contribution in [0.4, 0.5) is 4.79 Å². The summed E-state index contributed by atoms with van der Waals surface area (Å²) >= 11 is 0. The lowest BCUT2D eigenvalue weighted by atomic mass is 10.1. The number of rotatable bonds is 3. The SMILES string of the molecule is O=C(NN=C1CCN(C2CCCC2)CC1)NC1CCCC1. The van der Waals surface area contributed by atoms with Crippen LogP contribution in [0, 0.1) is 0 Å². The molecule has 0 unspecified atom stereocenters. The molecular weight excluding hydrogens is 264 g/mol. The van der Waals surface area contributed by atoms with Gasteiger partial charge in [-0.1, -0.05) is 25.7 Å². The van der Waals surface area contributed by atoms with E-state index in [4.69, 9.17) is 0 Å². The van der Waals surface area contributed by atoms with E-state index in [2.05, 4.69) is 20.7 Å². The van der Waals surface area contributed by atoms with Gasteiger partial charge in [0.25, 0.3) is 0 Å². The quantitative estimate of drug-likeness (QED) is 0.786. The number of nitrogens with one attached hydrogen (secondary N) is 2. The zero-order valence-electron chi connectivity index (χ0n) is 12.9. The van der Waals surface area contributed by atoms with E-state index in [0.29, 0.717) is 6.04 Å². The molecule has 2 aliphatic carbocycles. The molecule has 21 heavy (non-hydrogen) atoms. The number of carbonyl (C=O) groups is 1. The van der Waals surface area contributed by atoms with Crippen molar-refractivity contribution in [1.82, 2.24) is 15.6 Å². The highest BCUT2D eigenvalue weighted by Gasteiger charge is 2.25. The molecule has 0 aromatic carbocycles. The van der Waals surface area contributed by atoms with E-state index in [1.807, 2.05) is 0 Å². The minimum atomic E-state index is -0.132. The second-order valence-electron chi connectivity index (χ2n) is 6.72. The van der Waals surface area contributed by atoms with E-state index in [-0.39, 0.29) is 6.03 Å². The molecule has 2 saturated carbocycles. The molecule has 0 aromatic heterocycles. The topological polar surface area (TPSA) is 56.7 Å². The summed E-state index contributed by atoms with van der Waals surface area (Å²) in [4.78, 5) is 14.4. The molecule has 118 valence electrons. The molecule has 1 saturated heterocycles. The van der Waals surface area contributed by atoms with Gasteiger partial charge in [-0.25, -0.2) is 10.2 Å². The standard InChI is InChI=1S/C16H28N4O/c21-16(17-13-5-1-2-6-13)19-18-14-9-11-20(12-10-14)15-7-3-4-8-15/h13,15H,1-12H2,(H2,17,19,21). The first-order valence-electron chi connectivity index (χ1n) is 8.67. The summed E-state index contributed by atoms with van der Waals surface area (Å²) in [5.74, 6) is 0. The summed E-state index contributed by atoms with van der Waals surface area (Å²) in [6, 6.07) is 1.03. The van der Waals surface area contributed by atoms with Crippen LogP contribution in [0.2, 0.25) is 0 Å². The zero-order valence-corrected chi connectivity index (χ0v) is 12.9. The first kappa shape index (κ1) is 14.8. The van der Waals surface area contributed by atoms with E-state index in [0.717, 1.165) is 50.5 Å². The van der Waals surface area contributed by atoms with Gasteiger partial charge in [-0.2, -0.15) is 5.10 Å². The van der Waals surface area contributed by atoms with Crippen LogP contribution >= 0.6 is 0 Å². The number of piperidine rings is 1. The number of nitrogens with zero attached hydrogens (tertiary/aromatic N) is 2. The predicted molar refractivity (Wildman–Crippen MR) is 84.4 cm³/mol. The van der Waals surface area contributed by atoms with Crippen LogP contribution < -0.4 is 10.7 Å². The largest absolute Gasteiger partial charge is 0.335 e. The van der Waals surface area contributed by atoms with E-state index in [1.54, 1.807) is 0 Å². The van der Waals surface area contributed by atoms with Crippen molar-refractivity contribution in [1.29, 1.82) is 0 Å². The fourth-order valence-electron chi connectivity index (χ4n) is 3.95. The molecule has 1 heterocycles. The Hall–Kier alpha value is -1.10. The van der Waals surface area contributed by atoms with Crippen molar-refractivity contribution >= 4 is 11.7 Å². The Labute approximate surface area is 127 Å². The zero-order chi connectivity index (χ0) is 14.5. The Kier molecular flexibility index (Phi) is 5.12. The van der Waals surface area contributed by atoms with Gasteiger partial charge in [0.2, 0.25) is 0 Å². The fraction of sp³-hybridized carbons (Fsp3) is 0.875. The summed E-state index contributed by atoms with van der Waals surface area (Å²) in [7, 11) is 0. The number of amides is 2. The average molecular weight is 292 g/mol. The Balaban J connectivity index is 1.38. The maximum atomic E-state index is 11.8. The number of likely N-dealkylation sites (tertiary alicyclic amines) is 1. The minimum absolute atomic E-state index is 0.132. The highest BCUT2D eigenvalue weighted by Crippen LogP contribution is 2.25.